The standard InChI is InChI=1S/C18H19N/c1-2-19-17-10-6-5-9-15(17)16-12-11-13-7-3-4-8-14(13)18(16)19/h3-4,7-8,11-12H,2,5-6,9-10H2,1H3. The molecule has 0 bridgehead atoms. The van der Waals surface area contributed by atoms with Gasteiger partial charge in [-0.1, -0.05) is 36.4 Å². The third-order valence-electron chi connectivity index (χ3n) is 4.58. The van der Waals surface area contributed by atoms with E-state index in [4.69, 9.17) is 0 Å². The van der Waals surface area contributed by atoms with Gasteiger partial charge in [0, 0.05) is 23.0 Å². The third-order valence-corrected chi connectivity index (χ3v) is 4.58. The molecule has 96 valence electrons. The van der Waals surface area contributed by atoms with Crippen LogP contribution in [0.4, 0.5) is 0 Å². The average Bonchev–Trinajstić information content (AvgIpc) is 2.81. The summed E-state index contributed by atoms with van der Waals surface area (Å²) in [6.07, 6.45) is 5.22. The van der Waals surface area contributed by atoms with E-state index in [0.717, 1.165) is 6.54 Å². The van der Waals surface area contributed by atoms with Gasteiger partial charge in [0.2, 0.25) is 0 Å². The number of fused-ring (bicyclic) bond motifs is 5. The van der Waals surface area contributed by atoms with Gasteiger partial charge in [0.15, 0.2) is 0 Å². The Morgan fingerprint density at radius 1 is 0.947 bits per heavy atom. The first-order chi connectivity index (χ1) is 9.40. The van der Waals surface area contributed by atoms with E-state index < -0.39 is 0 Å². The topological polar surface area (TPSA) is 4.93 Å². The Bertz CT molecular complexity index is 764. The van der Waals surface area contributed by atoms with Gasteiger partial charge in [0.1, 0.15) is 0 Å². The van der Waals surface area contributed by atoms with Crippen LogP contribution in [0.15, 0.2) is 36.4 Å². The Kier molecular flexibility index (Phi) is 2.41. The lowest BCUT2D eigenvalue weighted by Gasteiger charge is -2.14. The lowest BCUT2D eigenvalue weighted by Crippen LogP contribution is -2.07. The van der Waals surface area contributed by atoms with Crippen LogP contribution in [0.2, 0.25) is 0 Å². The molecule has 0 N–H and O–H groups in total. The molecule has 1 aliphatic rings. The second-order valence-corrected chi connectivity index (χ2v) is 5.56. The quantitative estimate of drug-likeness (QED) is 0.589. The van der Waals surface area contributed by atoms with E-state index in [1.54, 1.807) is 11.3 Å². The highest BCUT2D eigenvalue weighted by Crippen LogP contribution is 2.36. The van der Waals surface area contributed by atoms with Crippen LogP contribution in [0.5, 0.6) is 0 Å². The van der Waals surface area contributed by atoms with E-state index in [-0.39, 0.29) is 0 Å². The molecule has 2 aromatic carbocycles. The van der Waals surface area contributed by atoms with Gasteiger partial charge < -0.3 is 4.57 Å². The van der Waals surface area contributed by atoms with Crippen LogP contribution >= 0.6 is 0 Å². The fourth-order valence-electron chi connectivity index (χ4n) is 3.75. The smallest absolute Gasteiger partial charge is 0.0564 e. The maximum absolute atomic E-state index is 2.56. The van der Waals surface area contributed by atoms with Crippen molar-refractivity contribution in [2.75, 3.05) is 0 Å². The molecule has 0 atom stereocenters. The van der Waals surface area contributed by atoms with Crippen molar-refractivity contribution in [1.29, 1.82) is 0 Å². The summed E-state index contributed by atoms with van der Waals surface area (Å²) in [5.74, 6) is 0. The second-order valence-electron chi connectivity index (χ2n) is 5.56. The zero-order valence-corrected chi connectivity index (χ0v) is 11.4. The summed E-state index contributed by atoms with van der Waals surface area (Å²) in [5, 5.41) is 4.27. The van der Waals surface area contributed by atoms with Crippen molar-refractivity contribution in [3.63, 3.8) is 0 Å². The van der Waals surface area contributed by atoms with Gasteiger partial charge in [-0.05, 0) is 43.6 Å². The molecule has 3 aromatic rings. The predicted octanol–water partition coefficient (Wildman–Crippen LogP) is 4.69. The highest BCUT2D eigenvalue weighted by molar-refractivity contribution is 6.07. The van der Waals surface area contributed by atoms with Gasteiger partial charge in [-0.15, -0.1) is 0 Å². The van der Waals surface area contributed by atoms with Crippen LogP contribution in [0.3, 0.4) is 0 Å². The molecule has 1 nitrogen and oxygen atoms in total. The zero-order valence-electron chi connectivity index (χ0n) is 11.4. The summed E-state index contributed by atoms with van der Waals surface area (Å²) < 4.78 is 2.56. The summed E-state index contributed by atoms with van der Waals surface area (Å²) in [7, 11) is 0. The Labute approximate surface area is 113 Å². The summed E-state index contributed by atoms with van der Waals surface area (Å²) in [6.45, 7) is 3.36. The van der Waals surface area contributed by atoms with E-state index in [0.29, 0.717) is 0 Å². The first kappa shape index (κ1) is 11.1. The molecule has 4 rings (SSSR count). The van der Waals surface area contributed by atoms with Crippen LogP contribution in [-0.4, -0.2) is 4.57 Å². The van der Waals surface area contributed by atoms with Crippen molar-refractivity contribution in [3.8, 4) is 0 Å². The van der Waals surface area contributed by atoms with Crippen molar-refractivity contribution in [1.82, 2.24) is 4.57 Å². The molecular weight excluding hydrogens is 230 g/mol. The van der Waals surface area contributed by atoms with Gasteiger partial charge in [0.05, 0.1) is 5.52 Å². The molecule has 0 saturated heterocycles. The second kappa shape index (κ2) is 4.12. The molecule has 0 radical (unpaired) electrons. The number of aryl methyl sites for hydroxylation is 2. The number of benzene rings is 2. The molecule has 1 aromatic heterocycles. The molecule has 0 saturated carbocycles. The molecule has 1 heteroatoms. The molecule has 19 heavy (non-hydrogen) atoms. The minimum Gasteiger partial charge on any atom is -0.344 e. The van der Waals surface area contributed by atoms with E-state index >= 15 is 0 Å². The number of aromatic nitrogens is 1. The lowest BCUT2D eigenvalue weighted by atomic mass is 9.95. The van der Waals surface area contributed by atoms with Crippen LogP contribution in [0.25, 0.3) is 21.7 Å². The minimum absolute atomic E-state index is 1.08. The van der Waals surface area contributed by atoms with Gasteiger partial charge in [0.25, 0.3) is 0 Å². The molecule has 0 spiro atoms. The van der Waals surface area contributed by atoms with Gasteiger partial charge >= 0.3 is 0 Å². The molecule has 0 unspecified atom stereocenters. The summed E-state index contributed by atoms with van der Waals surface area (Å²) in [6, 6.07) is 13.4. The van der Waals surface area contributed by atoms with E-state index in [1.165, 1.54) is 47.4 Å². The van der Waals surface area contributed by atoms with Crippen LogP contribution in [0, 0.1) is 0 Å². The summed E-state index contributed by atoms with van der Waals surface area (Å²) in [4.78, 5) is 0. The number of hydrogen-bond donors (Lipinski definition) is 0. The number of rotatable bonds is 1. The molecule has 0 amide bonds. The van der Waals surface area contributed by atoms with Gasteiger partial charge in [-0.2, -0.15) is 0 Å². The van der Waals surface area contributed by atoms with Crippen LogP contribution in [-0.2, 0) is 19.4 Å². The Morgan fingerprint density at radius 3 is 2.68 bits per heavy atom. The van der Waals surface area contributed by atoms with E-state index in [9.17, 15) is 0 Å². The largest absolute Gasteiger partial charge is 0.344 e. The highest BCUT2D eigenvalue weighted by Gasteiger charge is 2.20. The van der Waals surface area contributed by atoms with Crippen molar-refractivity contribution >= 4 is 21.7 Å². The van der Waals surface area contributed by atoms with Crippen LogP contribution in [0.1, 0.15) is 31.0 Å². The zero-order chi connectivity index (χ0) is 12.8. The van der Waals surface area contributed by atoms with Crippen molar-refractivity contribution in [2.24, 2.45) is 0 Å². The van der Waals surface area contributed by atoms with Crippen molar-refractivity contribution in [3.05, 3.63) is 47.7 Å². The lowest BCUT2D eigenvalue weighted by molar-refractivity contribution is 0.630. The fraction of sp³-hybridized carbons (Fsp3) is 0.333. The summed E-state index contributed by atoms with van der Waals surface area (Å²) >= 11 is 0. The van der Waals surface area contributed by atoms with Crippen LogP contribution < -0.4 is 0 Å². The Morgan fingerprint density at radius 2 is 1.79 bits per heavy atom. The first-order valence-corrected chi connectivity index (χ1v) is 7.42. The van der Waals surface area contributed by atoms with Gasteiger partial charge in [-0.25, -0.2) is 0 Å². The molecule has 1 heterocycles. The van der Waals surface area contributed by atoms with Crippen molar-refractivity contribution < 1.29 is 0 Å². The number of hydrogen-bond acceptors (Lipinski definition) is 0. The third kappa shape index (κ3) is 1.48. The molecule has 0 aliphatic heterocycles. The first-order valence-electron chi connectivity index (χ1n) is 7.42. The fourth-order valence-corrected chi connectivity index (χ4v) is 3.75. The van der Waals surface area contributed by atoms with E-state index in [2.05, 4.69) is 47.9 Å². The average molecular weight is 249 g/mol. The van der Waals surface area contributed by atoms with Crippen molar-refractivity contribution in [2.45, 2.75) is 39.2 Å². The van der Waals surface area contributed by atoms with Gasteiger partial charge in [-0.3, -0.25) is 0 Å². The highest BCUT2D eigenvalue weighted by atomic mass is 15.0. The number of nitrogens with zero attached hydrogens (tertiary/aromatic N) is 1. The maximum atomic E-state index is 2.56. The van der Waals surface area contributed by atoms with E-state index in [1.807, 2.05) is 0 Å². The predicted molar refractivity (Wildman–Crippen MR) is 81.8 cm³/mol. The SMILES string of the molecule is CCn1c2c(c3ccc4ccccc4c31)CCCC2. The minimum atomic E-state index is 1.08. The molecule has 0 fully saturated rings. The Hall–Kier alpha value is -1.76. The summed E-state index contributed by atoms with van der Waals surface area (Å²) in [5.41, 5.74) is 4.68. The molecule has 1 aliphatic carbocycles. The monoisotopic (exact) mass is 249 g/mol. The molecular formula is C18H19N. The normalized spacial score (nSPS) is 15.0. The maximum Gasteiger partial charge on any atom is 0.0564 e. The Balaban J connectivity index is 2.21.